The van der Waals surface area contributed by atoms with Gasteiger partial charge in [0.05, 0.1) is 6.54 Å². The molecule has 2 rings (SSSR count). The molecule has 1 N–H and O–H groups in total. The van der Waals surface area contributed by atoms with Crippen molar-refractivity contribution in [3.05, 3.63) is 48.3 Å². The molecule has 0 unspecified atom stereocenters. The highest BCUT2D eigenvalue weighted by molar-refractivity contribution is 7.99. The van der Waals surface area contributed by atoms with Gasteiger partial charge in [-0.25, -0.2) is 0 Å². The Kier molecular flexibility index (Phi) is 4.25. The van der Waals surface area contributed by atoms with Gasteiger partial charge in [0.2, 0.25) is 0 Å². The lowest BCUT2D eigenvalue weighted by Crippen LogP contribution is -2.03. The fourth-order valence-electron chi connectivity index (χ4n) is 1.63. The quantitative estimate of drug-likeness (QED) is 0.827. The monoisotopic (exact) mass is 268 g/mol. The van der Waals surface area contributed by atoms with Crippen LogP contribution >= 0.6 is 11.8 Å². The minimum absolute atomic E-state index is 0.560. The summed E-state index contributed by atoms with van der Waals surface area (Å²) in [4.78, 5) is 0.578. The van der Waals surface area contributed by atoms with Gasteiger partial charge in [0, 0.05) is 29.5 Å². The SMILES string of the molecule is Cn1cccc1CNc1ccc(SC(F)F)cc1. The number of alkyl halides is 2. The van der Waals surface area contributed by atoms with Gasteiger partial charge in [-0.3, -0.25) is 0 Å². The summed E-state index contributed by atoms with van der Waals surface area (Å²) in [6.07, 6.45) is 1.99. The Labute approximate surface area is 109 Å². The number of aromatic nitrogens is 1. The number of rotatable bonds is 5. The van der Waals surface area contributed by atoms with Crippen molar-refractivity contribution < 1.29 is 8.78 Å². The van der Waals surface area contributed by atoms with E-state index in [4.69, 9.17) is 0 Å². The zero-order chi connectivity index (χ0) is 13.0. The molecule has 2 nitrogen and oxygen atoms in total. The molecule has 0 aliphatic carbocycles. The van der Waals surface area contributed by atoms with E-state index in [-0.39, 0.29) is 0 Å². The van der Waals surface area contributed by atoms with Crippen LogP contribution in [-0.2, 0) is 13.6 Å². The molecule has 0 aliphatic rings. The predicted molar refractivity (Wildman–Crippen MR) is 71.0 cm³/mol. The fourth-order valence-corrected chi connectivity index (χ4v) is 2.13. The maximum absolute atomic E-state index is 12.1. The van der Waals surface area contributed by atoms with Gasteiger partial charge in [-0.1, -0.05) is 11.8 Å². The summed E-state index contributed by atoms with van der Waals surface area (Å²) in [5, 5.41) is 3.25. The van der Waals surface area contributed by atoms with Crippen molar-refractivity contribution in [3.63, 3.8) is 0 Å². The van der Waals surface area contributed by atoms with Crippen molar-refractivity contribution in [2.45, 2.75) is 17.2 Å². The fraction of sp³-hybridized carbons (Fsp3) is 0.231. The molecular weight excluding hydrogens is 254 g/mol. The lowest BCUT2D eigenvalue weighted by atomic mass is 10.3. The van der Waals surface area contributed by atoms with Crippen molar-refractivity contribution in [2.24, 2.45) is 7.05 Å². The topological polar surface area (TPSA) is 17.0 Å². The second-order valence-corrected chi connectivity index (χ2v) is 4.93. The average Bonchev–Trinajstić information content (AvgIpc) is 2.73. The van der Waals surface area contributed by atoms with Gasteiger partial charge in [-0.2, -0.15) is 8.78 Å². The predicted octanol–water partition coefficient (Wildman–Crippen LogP) is 3.95. The number of hydrogen-bond donors (Lipinski definition) is 1. The molecule has 0 amide bonds. The van der Waals surface area contributed by atoms with Crippen LogP contribution in [0.15, 0.2) is 47.5 Å². The molecule has 1 aromatic carbocycles. The molecule has 0 radical (unpaired) electrons. The molecule has 2 aromatic rings. The number of thioether (sulfide) groups is 1. The molecule has 1 heterocycles. The Bertz CT molecular complexity index is 494. The number of halogens is 2. The molecule has 18 heavy (non-hydrogen) atoms. The standard InChI is InChI=1S/C13H14F2N2S/c1-17-8-2-3-11(17)9-16-10-4-6-12(7-5-10)18-13(14)15/h2-8,13,16H,9H2,1H3. The average molecular weight is 268 g/mol. The normalized spacial score (nSPS) is 10.9. The van der Waals surface area contributed by atoms with Gasteiger partial charge in [0.15, 0.2) is 0 Å². The Hall–Kier alpha value is -1.49. The van der Waals surface area contributed by atoms with Crippen molar-refractivity contribution in [3.8, 4) is 0 Å². The van der Waals surface area contributed by atoms with Gasteiger partial charge in [0.25, 0.3) is 5.76 Å². The number of aryl methyl sites for hydroxylation is 1. The second-order valence-electron chi connectivity index (χ2n) is 3.87. The van der Waals surface area contributed by atoms with Gasteiger partial charge >= 0.3 is 0 Å². The first-order valence-corrected chi connectivity index (χ1v) is 6.42. The Morgan fingerprint density at radius 1 is 1.22 bits per heavy atom. The summed E-state index contributed by atoms with van der Waals surface area (Å²) >= 11 is 0.560. The summed E-state index contributed by atoms with van der Waals surface area (Å²) in [5.74, 6) is -2.37. The van der Waals surface area contributed by atoms with Crippen LogP contribution in [0.3, 0.4) is 0 Å². The van der Waals surface area contributed by atoms with E-state index in [1.54, 1.807) is 12.1 Å². The first kappa shape index (κ1) is 13.0. The van der Waals surface area contributed by atoms with Crippen molar-refractivity contribution in [2.75, 3.05) is 5.32 Å². The third kappa shape index (κ3) is 3.50. The smallest absolute Gasteiger partial charge is 0.288 e. The maximum atomic E-state index is 12.1. The first-order valence-electron chi connectivity index (χ1n) is 5.54. The van der Waals surface area contributed by atoms with Crippen LogP contribution in [0.25, 0.3) is 0 Å². The molecule has 0 bridgehead atoms. The third-order valence-electron chi connectivity index (χ3n) is 2.60. The molecule has 0 spiro atoms. The highest BCUT2D eigenvalue weighted by atomic mass is 32.2. The van der Waals surface area contributed by atoms with Gasteiger partial charge in [-0.15, -0.1) is 0 Å². The highest BCUT2D eigenvalue weighted by Gasteiger charge is 2.04. The van der Waals surface area contributed by atoms with E-state index >= 15 is 0 Å². The zero-order valence-electron chi connectivity index (χ0n) is 9.94. The van der Waals surface area contributed by atoms with Gasteiger partial charge < -0.3 is 9.88 Å². The van der Waals surface area contributed by atoms with E-state index in [0.717, 1.165) is 5.69 Å². The zero-order valence-corrected chi connectivity index (χ0v) is 10.8. The Morgan fingerprint density at radius 2 is 1.94 bits per heavy atom. The highest BCUT2D eigenvalue weighted by Crippen LogP contribution is 2.26. The lowest BCUT2D eigenvalue weighted by Gasteiger charge is -2.08. The molecule has 1 aromatic heterocycles. The number of nitrogens with zero attached hydrogens (tertiary/aromatic N) is 1. The van der Waals surface area contributed by atoms with Crippen molar-refractivity contribution in [1.29, 1.82) is 0 Å². The molecule has 0 fully saturated rings. The number of hydrogen-bond acceptors (Lipinski definition) is 2. The Balaban J connectivity index is 1.92. The van der Waals surface area contributed by atoms with Crippen LogP contribution < -0.4 is 5.32 Å². The minimum atomic E-state index is -2.37. The van der Waals surface area contributed by atoms with Crippen LogP contribution in [0.5, 0.6) is 0 Å². The van der Waals surface area contributed by atoms with E-state index in [1.807, 2.05) is 42.1 Å². The van der Waals surface area contributed by atoms with E-state index in [0.29, 0.717) is 23.2 Å². The van der Waals surface area contributed by atoms with Crippen LogP contribution in [0, 0.1) is 0 Å². The van der Waals surface area contributed by atoms with E-state index in [9.17, 15) is 8.78 Å². The first-order chi connectivity index (χ1) is 8.65. The molecule has 96 valence electrons. The summed E-state index contributed by atoms with van der Waals surface area (Å²) < 4.78 is 26.3. The second kappa shape index (κ2) is 5.91. The lowest BCUT2D eigenvalue weighted by molar-refractivity contribution is 0.252. The summed E-state index contributed by atoms with van der Waals surface area (Å²) in [5.41, 5.74) is 2.09. The summed E-state index contributed by atoms with van der Waals surface area (Å²) in [6.45, 7) is 0.713. The molecular formula is C13H14F2N2S. The molecule has 0 saturated carbocycles. The molecule has 0 saturated heterocycles. The maximum Gasteiger partial charge on any atom is 0.288 e. The minimum Gasteiger partial charge on any atom is -0.379 e. The van der Waals surface area contributed by atoms with Crippen LogP contribution in [-0.4, -0.2) is 10.3 Å². The van der Waals surface area contributed by atoms with Crippen molar-refractivity contribution >= 4 is 17.4 Å². The summed E-state index contributed by atoms with van der Waals surface area (Å²) in [6, 6.07) is 11.0. The Morgan fingerprint density at radius 3 is 2.50 bits per heavy atom. The number of anilines is 1. The van der Waals surface area contributed by atoms with E-state index in [2.05, 4.69) is 5.32 Å². The summed E-state index contributed by atoms with van der Waals surface area (Å²) in [7, 11) is 1.99. The molecule has 0 atom stereocenters. The van der Waals surface area contributed by atoms with E-state index in [1.165, 1.54) is 5.69 Å². The molecule has 0 aliphatic heterocycles. The number of benzene rings is 1. The number of nitrogens with one attached hydrogen (secondary N) is 1. The van der Waals surface area contributed by atoms with Crippen LogP contribution in [0.1, 0.15) is 5.69 Å². The van der Waals surface area contributed by atoms with Gasteiger partial charge in [0.1, 0.15) is 0 Å². The molecule has 5 heteroatoms. The van der Waals surface area contributed by atoms with Crippen LogP contribution in [0.4, 0.5) is 14.5 Å². The van der Waals surface area contributed by atoms with E-state index < -0.39 is 5.76 Å². The van der Waals surface area contributed by atoms with Crippen molar-refractivity contribution in [1.82, 2.24) is 4.57 Å². The largest absolute Gasteiger partial charge is 0.379 e. The third-order valence-corrected chi connectivity index (χ3v) is 3.33. The van der Waals surface area contributed by atoms with Crippen LogP contribution in [0.2, 0.25) is 0 Å². The van der Waals surface area contributed by atoms with Gasteiger partial charge in [-0.05, 0) is 36.4 Å².